The number of carboxylic acids is 1. The largest absolute Gasteiger partial charge is 0.480 e. The summed E-state index contributed by atoms with van der Waals surface area (Å²) in [7, 11) is 1.69. The van der Waals surface area contributed by atoms with E-state index >= 15 is 0 Å². The van der Waals surface area contributed by atoms with Gasteiger partial charge in [-0.05, 0) is 32.9 Å². The average molecular weight is 278 g/mol. The monoisotopic (exact) mass is 278 g/mol. The first-order valence-electron chi connectivity index (χ1n) is 6.50. The topological polar surface area (TPSA) is 60.9 Å². The van der Waals surface area contributed by atoms with Crippen LogP contribution in [0.2, 0.25) is 0 Å². The lowest BCUT2D eigenvalue weighted by atomic mass is 10.1. The predicted octanol–water partition coefficient (Wildman–Crippen LogP) is 1.83. The summed E-state index contributed by atoms with van der Waals surface area (Å²) in [5.74, 6) is -1.07. The maximum atomic E-state index is 12.3. The standard InChI is InChI=1S/C15H22N2O3/c1-15(2,3)17(11-14(19)20)10-13(18)16(4)12-8-6-5-7-9-12/h5-9H,10-11H2,1-4H3,(H,19,20). The van der Waals surface area contributed by atoms with Crippen molar-refractivity contribution in [2.24, 2.45) is 0 Å². The normalized spacial score (nSPS) is 11.4. The molecule has 1 amide bonds. The summed E-state index contributed by atoms with van der Waals surface area (Å²) in [6.45, 7) is 5.60. The lowest BCUT2D eigenvalue weighted by molar-refractivity contribution is -0.140. The Balaban J connectivity index is 2.78. The number of hydrogen-bond donors (Lipinski definition) is 1. The third-order valence-corrected chi connectivity index (χ3v) is 3.12. The molecular formula is C15H22N2O3. The van der Waals surface area contributed by atoms with Gasteiger partial charge in [-0.15, -0.1) is 0 Å². The third-order valence-electron chi connectivity index (χ3n) is 3.12. The molecule has 0 aliphatic rings. The summed E-state index contributed by atoms with van der Waals surface area (Å²) < 4.78 is 0. The van der Waals surface area contributed by atoms with Gasteiger partial charge in [-0.3, -0.25) is 14.5 Å². The molecule has 5 nitrogen and oxygen atoms in total. The average Bonchev–Trinajstić information content (AvgIpc) is 2.36. The fourth-order valence-corrected chi connectivity index (χ4v) is 1.76. The molecule has 0 spiro atoms. The van der Waals surface area contributed by atoms with Gasteiger partial charge in [0.15, 0.2) is 0 Å². The molecule has 0 saturated carbocycles. The molecule has 1 rings (SSSR count). The molecule has 0 unspecified atom stereocenters. The Morgan fingerprint density at radius 3 is 2.10 bits per heavy atom. The second-order valence-corrected chi connectivity index (χ2v) is 5.71. The van der Waals surface area contributed by atoms with E-state index in [1.165, 1.54) is 0 Å². The molecule has 1 aromatic rings. The molecule has 110 valence electrons. The summed E-state index contributed by atoms with van der Waals surface area (Å²) in [5.41, 5.74) is 0.410. The number of carboxylic acid groups (broad SMARTS) is 1. The molecule has 0 bridgehead atoms. The first kappa shape index (κ1) is 16.2. The van der Waals surface area contributed by atoms with Gasteiger partial charge in [0.2, 0.25) is 5.91 Å². The van der Waals surface area contributed by atoms with Gasteiger partial charge in [-0.25, -0.2) is 0 Å². The van der Waals surface area contributed by atoms with Gasteiger partial charge in [0.05, 0.1) is 13.1 Å². The van der Waals surface area contributed by atoms with E-state index in [-0.39, 0.29) is 24.5 Å². The molecule has 0 atom stereocenters. The molecule has 0 aliphatic heterocycles. The lowest BCUT2D eigenvalue weighted by Crippen LogP contribution is -2.49. The second-order valence-electron chi connectivity index (χ2n) is 5.71. The van der Waals surface area contributed by atoms with Crippen molar-refractivity contribution in [1.29, 1.82) is 0 Å². The van der Waals surface area contributed by atoms with E-state index in [1.54, 1.807) is 16.8 Å². The van der Waals surface area contributed by atoms with Gasteiger partial charge >= 0.3 is 5.97 Å². The molecule has 1 N–H and O–H groups in total. The van der Waals surface area contributed by atoms with E-state index in [9.17, 15) is 9.59 Å². The minimum atomic E-state index is -0.935. The zero-order valence-electron chi connectivity index (χ0n) is 12.5. The van der Waals surface area contributed by atoms with Crippen molar-refractivity contribution in [3.05, 3.63) is 30.3 Å². The molecule has 0 fully saturated rings. The van der Waals surface area contributed by atoms with Crippen LogP contribution < -0.4 is 4.90 Å². The number of benzene rings is 1. The highest BCUT2D eigenvalue weighted by Gasteiger charge is 2.27. The highest BCUT2D eigenvalue weighted by Crippen LogP contribution is 2.15. The fraction of sp³-hybridized carbons (Fsp3) is 0.467. The van der Waals surface area contributed by atoms with E-state index in [4.69, 9.17) is 5.11 Å². The van der Waals surface area contributed by atoms with Crippen molar-refractivity contribution in [1.82, 2.24) is 4.90 Å². The van der Waals surface area contributed by atoms with Crippen molar-refractivity contribution in [2.45, 2.75) is 26.3 Å². The van der Waals surface area contributed by atoms with Gasteiger partial charge in [-0.1, -0.05) is 18.2 Å². The van der Waals surface area contributed by atoms with Crippen LogP contribution in [-0.4, -0.2) is 47.6 Å². The highest BCUT2D eigenvalue weighted by atomic mass is 16.4. The number of likely N-dealkylation sites (N-methyl/N-ethyl adjacent to an activating group) is 1. The van der Waals surface area contributed by atoms with E-state index in [0.29, 0.717) is 0 Å². The SMILES string of the molecule is CN(C(=O)CN(CC(=O)O)C(C)(C)C)c1ccccc1. The van der Waals surface area contributed by atoms with E-state index in [2.05, 4.69) is 0 Å². The van der Waals surface area contributed by atoms with Gasteiger partial charge in [0.25, 0.3) is 0 Å². The van der Waals surface area contributed by atoms with Crippen molar-refractivity contribution < 1.29 is 14.7 Å². The molecule has 5 heteroatoms. The quantitative estimate of drug-likeness (QED) is 0.892. The van der Waals surface area contributed by atoms with E-state index in [1.807, 2.05) is 51.1 Å². The van der Waals surface area contributed by atoms with Crippen LogP contribution in [0.5, 0.6) is 0 Å². The Morgan fingerprint density at radius 1 is 1.10 bits per heavy atom. The highest BCUT2D eigenvalue weighted by molar-refractivity contribution is 5.94. The summed E-state index contributed by atoms with van der Waals surface area (Å²) in [4.78, 5) is 26.4. The van der Waals surface area contributed by atoms with Crippen molar-refractivity contribution in [3.8, 4) is 0 Å². The molecule has 20 heavy (non-hydrogen) atoms. The Kier molecular flexibility index (Phi) is 5.27. The number of anilines is 1. The number of amides is 1. The molecule has 1 aromatic carbocycles. The number of carbonyl (C=O) groups is 2. The Morgan fingerprint density at radius 2 is 1.65 bits per heavy atom. The van der Waals surface area contributed by atoms with Crippen LogP contribution in [0.3, 0.4) is 0 Å². The first-order chi connectivity index (χ1) is 9.21. The Labute approximate surface area is 119 Å². The van der Waals surface area contributed by atoms with Crippen LogP contribution >= 0.6 is 0 Å². The number of carbonyl (C=O) groups excluding carboxylic acids is 1. The summed E-state index contributed by atoms with van der Waals surface area (Å²) in [6, 6.07) is 9.29. The summed E-state index contributed by atoms with van der Waals surface area (Å²) >= 11 is 0. The smallest absolute Gasteiger partial charge is 0.317 e. The van der Waals surface area contributed by atoms with Crippen molar-refractivity contribution >= 4 is 17.6 Å². The number of aliphatic carboxylic acids is 1. The van der Waals surface area contributed by atoms with E-state index < -0.39 is 5.97 Å². The van der Waals surface area contributed by atoms with Crippen molar-refractivity contribution in [3.63, 3.8) is 0 Å². The number of rotatable bonds is 5. The maximum Gasteiger partial charge on any atom is 0.317 e. The minimum absolute atomic E-state index is 0.0706. The number of hydrogen-bond acceptors (Lipinski definition) is 3. The minimum Gasteiger partial charge on any atom is -0.480 e. The van der Waals surface area contributed by atoms with Gasteiger partial charge < -0.3 is 10.0 Å². The molecular weight excluding hydrogens is 256 g/mol. The van der Waals surface area contributed by atoms with Crippen LogP contribution in [-0.2, 0) is 9.59 Å². The molecule has 0 heterocycles. The van der Waals surface area contributed by atoms with Gasteiger partial charge in [-0.2, -0.15) is 0 Å². The van der Waals surface area contributed by atoms with Crippen LogP contribution in [0.4, 0.5) is 5.69 Å². The summed E-state index contributed by atoms with van der Waals surface area (Å²) in [5, 5.41) is 8.95. The molecule has 0 aromatic heterocycles. The van der Waals surface area contributed by atoms with Crippen LogP contribution in [0.15, 0.2) is 30.3 Å². The maximum absolute atomic E-state index is 12.3. The molecule has 0 saturated heterocycles. The second kappa shape index (κ2) is 6.52. The number of nitrogens with zero attached hydrogens (tertiary/aromatic N) is 2. The molecule has 0 aliphatic carbocycles. The Hall–Kier alpha value is -1.88. The fourth-order valence-electron chi connectivity index (χ4n) is 1.76. The third kappa shape index (κ3) is 4.66. The van der Waals surface area contributed by atoms with Crippen LogP contribution in [0, 0.1) is 0 Å². The predicted molar refractivity (Wildman–Crippen MR) is 78.8 cm³/mol. The first-order valence-corrected chi connectivity index (χ1v) is 6.50. The van der Waals surface area contributed by atoms with E-state index in [0.717, 1.165) is 5.69 Å². The summed E-state index contributed by atoms with van der Waals surface area (Å²) in [6.07, 6.45) is 0. The Bertz CT molecular complexity index is 466. The number of para-hydroxylation sites is 1. The van der Waals surface area contributed by atoms with Crippen molar-refractivity contribution in [2.75, 3.05) is 25.0 Å². The zero-order valence-corrected chi connectivity index (χ0v) is 12.5. The zero-order chi connectivity index (χ0) is 15.3. The van der Waals surface area contributed by atoms with Crippen LogP contribution in [0.25, 0.3) is 0 Å². The van der Waals surface area contributed by atoms with Crippen LogP contribution in [0.1, 0.15) is 20.8 Å². The van der Waals surface area contributed by atoms with Gasteiger partial charge in [0, 0.05) is 18.3 Å². The molecule has 0 radical (unpaired) electrons. The van der Waals surface area contributed by atoms with Gasteiger partial charge in [0.1, 0.15) is 0 Å². The lowest BCUT2D eigenvalue weighted by Gasteiger charge is -2.34.